The van der Waals surface area contributed by atoms with E-state index in [1.54, 1.807) is 32.7 Å². The fourth-order valence-electron chi connectivity index (χ4n) is 3.81. The van der Waals surface area contributed by atoms with Crippen molar-refractivity contribution in [2.24, 2.45) is 5.92 Å². The third kappa shape index (κ3) is 6.33. The lowest BCUT2D eigenvalue weighted by molar-refractivity contribution is -0.141. The van der Waals surface area contributed by atoms with Crippen LogP contribution in [0.2, 0.25) is 0 Å². The quantitative estimate of drug-likeness (QED) is 0.680. The van der Waals surface area contributed by atoms with Crippen LogP contribution in [0.3, 0.4) is 0 Å². The Hall–Kier alpha value is -2.32. The lowest BCUT2D eigenvalue weighted by Crippen LogP contribution is -2.45. The first-order valence-corrected chi connectivity index (χ1v) is 10.7. The largest absolute Gasteiger partial charge is 0.444 e. The van der Waals surface area contributed by atoms with Crippen molar-refractivity contribution in [2.45, 2.75) is 64.1 Å². The molecule has 2 amide bonds. The van der Waals surface area contributed by atoms with E-state index in [-0.39, 0.29) is 23.5 Å². The molecule has 1 unspecified atom stereocenters. The summed E-state index contributed by atoms with van der Waals surface area (Å²) in [4.78, 5) is 32.1. The Morgan fingerprint density at radius 3 is 2.45 bits per heavy atom. The molecule has 1 aliphatic heterocycles. The number of carbonyl (C=O) groups excluding carboxylic acids is 2. The Labute approximate surface area is 180 Å². The van der Waals surface area contributed by atoms with Crippen molar-refractivity contribution >= 4 is 12.0 Å². The summed E-state index contributed by atoms with van der Waals surface area (Å²) in [5, 5.41) is 0. The predicted molar refractivity (Wildman–Crippen MR) is 109 cm³/mol. The zero-order chi connectivity index (χ0) is 23.0. The molecule has 2 heterocycles. The van der Waals surface area contributed by atoms with Gasteiger partial charge in [-0.15, -0.1) is 0 Å². The lowest BCUT2D eigenvalue weighted by atomic mass is 9.97. The fourth-order valence-corrected chi connectivity index (χ4v) is 3.81. The average molecular weight is 441 g/mol. The SMILES string of the molecule is CN(CC1CCCN(C(=O)OC(C)(C)C)C1)C(=O)c1cc(C2CC2)nc(C(F)(F)F)c1. The summed E-state index contributed by atoms with van der Waals surface area (Å²) in [6.45, 7) is 6.80. The molecule has 0 bridgehead atoms. The highest BCUT2D eigenvalue weighted by atomic mass is 19.4. The topological polar surface area (TPSA) is 62.7 Å². The molecular weight excluding hydrogens is 411 g/mol. The number of hydrogen-bond donors (Lipinski definition) is 0. The molecule has 1 aliphatic carbocycles. The molecule has 0 N–H and O–H groups in total. The van der Waals surface area contributed by atoms with Crippen molar-refractivity contribution in [3.05, 3.63) is 29.1 Å². The van der Waals surface area contributed by atoms with Gasteiger partial charge in [0, 0.05) is 43.9 Å². The second-order valence-electron chi connectivity index (χ2n) is 9.56. The summed E-state index contributed by atoms with van der Waals surface area (Å²) in [7, 11) is 1.58. The zero-order valence-electron chi connectivity index (χ0n) is 18.5. The molecule has 31 heavy (non-hydrogen) atoms. The number of alkyl halides is 3. The number of likely N-dealkylation sites (tertiary alicyclic amines) is 1. The van der Waals surface area contributed by atoms with Crippen molar-refractivity contribution in [2.75, 3.05) is 26.7 Å². The number of ether oxygens (including phenoxy) is 1. The third-order valence-electron chi connectivity index (χ3n) is 5.43. The van der Waals surface area contributed by atoms with Gasteiger partial charge in [-0.25, -0.2) is 9.78 Å². The monoisotopic (exact) mass is 441 g/mol. The maximum absolute atomic E-state index is 13.3. The molecule has 172 valence electrons. The van der Waals surface area contributed by atoms with E-state index in [1.807, 2.05) is 0 Å². The van der Waals surface area contributed by atoms with E-state index < -0.39 is 23.4 Å². The van der Waals surface area contributed by atoms with Gasteiger partial charge in [-0.1, -0.05) is 0 Å². The maximum atomic E-state index is 13.3. The molecule has 1 aromatic heterocycles. The van der Waals surface area contributed by atoms with Crippen molar-refractivity contribution in [1.82, 2.24) is 14.8 Å². The molecule has 3 rings (SSSR count). The predicted octanol–water partition coefficient (Wildman–Crippen LogP) is 4.70. The molecule has 2 fully saturated rings. The van der Waals surface area contributed by atoms with Crippen LogP contribution in [0.1, 0.15) is 74.1 Å². The number of nitrogens with zero attached hydrogens (tertiary/aromatic N) is 3. The minimum atomic E-state index is -4.60. The average Bonchev–Trinajstić information content (AvgIpc) is 3.50. The summed E-state index contributed by atoms with van der Waals surface area (Å²) < 4.78 is 45.2. The maximum Gasteiger partial charge on any atom is 0.433 e. The van der Waals surface area contributed by atoms with E-state index in [9.17, 15) is 22.8 Å². The molecule has 9 heteroatoms. The van der Waals surface area contributed by atoms with Gasteiger partial charge < -0.3 is 14.5 Å². The van der Waals surface area contributed by atoms with Crippen molar-refractivity contribution in [1.29, 1.82) is 0 Å². The van der Waals surface area contributed by atoms with Gasteiger partial charge in [-0.2, -0.15) is 13.2 Å². The molecule has 2 aliphatic rings. The first-order valence-electron chi connectivity index (χ1n) is 10.7. The van der Waals surface area contributed by atoms with Gasteiger partial charge in [0.15, 0.2) is 0 Å². The van der Waals surface area contributed by atoms with Crippen molar-refractivity contribution in [3.8, 4) is 0 Å². The second-order valence-corrected chi connectivity index (χ2v) is 9.56. The number of aromatic nitrogens is 1. The second kappa shape index (κ2) is 8.67. The molecule has 1 saturated heterocycles. The van der Waals surface area contributed by atoms with Gasteiger partial charge in [0.05, 0.1) is 0 Å². The minimum Gasteiger partial charge on any atom is -0.444 e. The molecule has 0 radical (unpaired) electrons. The van der Waals surface area contributed by atoms with Crippen LogP contribution in [-0.2, 0) is 10.9 Å². The highest BCUT2D eigenvalue weighted by Gasteiger charge is 2.36. The highest BCUT2D eigenvalue weighted by molar-refractivity contribution is 5.94. The Morgan fingerprint density at radius 1 is 1.19 bits per heavy atom. The van der Waals surface area contributed by atoms with E-state index in [4.69, 9.17) is 4.74 Å². The standard InChI is InChI=1S/C22H30F3N3O3/c1-21(2,3)31-20(30)28-9-5-6-14(13-28)12-27(4)19(29)16-10-17(15-7-8-15)26-18(11-16)22(23,24)25/h10-11,14-15H,5-9,12-13H2,1-4H3. The van der Waals surface area contributed by atoms with Gasteiger partial charge in [0.1, 0.15) is 11.3 Å². The van der Waals surface area contributed by atoms with E-state index in [2.05, 4.69) is 4.98 Å². The first-order chi connectivity index (χ1) is 14.3. The molecule has 0 spiro atoms. The van der Waals surface area contributed by atoms with Crippen LogP contribution in [0.4, 0.5) is 18.0 Å². The number of hydrogen-bond acceptors (Lipinski definition) is 4. The van der Waals surface area contributed by atoms with Gasteiger partial charge >= 0.3 is 12.3 Å². The molecule has 1 aromatic rings. The minimum absolute atomic E-state index is 0.000104. The van der Waals surface area contributed by atoms with Crippen LogP contribution in [-0.4, -0.2) is 59.1 Å². The molecule has 1 atom stereocenters. The summed E-state index contributed by atoms with van der Waals surface area (Å²) in [5.74, 6) is -0.439. The van der Waals surface area contributed by atoms with Gasteiger partial charge in [-0.3, -0.25) is 4.79 Å². The number of halogens is 3. The van der Waals surface area contributed by atoms with Crippen LogP contribution in [0, 0.1) is 5.92 Å². The Kier molecular flexibility index (Phi) is 6.53. The summed E-state index contributed by atoms with van der Waals surface area (Å²) in [6.07, 6.45) is -1.79. The van der Waals surface area contributed by atoms with E-state index >= 15 is 0 Å². The zero-order valence-corrected chi connectivity index (χ0v) is 18.5. The number of amides is 2. The highest BCUT2D eigenvalue weighted by Crippen LogP contribution is 2.41. The van der Waals surface area contributed by atoms with Crippen LogP contribution in [0.25, 0.3) is 0 Å². The number of piperidine rings is 1. The third-order valence-corrected chi connectivity index (χ3v) is 5.43. The van der Waals surface area contributed by atoms with Crippen LogP contribution in [0.5, 0.6) is 0 Å². The number of carbonyl (C=O) groups is 2. The lowest BCUT2D eigenvalue weighted by Gasteiger charge is -2.35. The Balaban J connectivity index is 1.68. The van der Waals surface area contributed by atoms with E-state index in [0.717, 1.165) is 31.7 Å². The van der Waals surface area contributed by atoms with Gasteiger partial charge in [-0.05, 0) is 64.5 Å². The van der Waals surface area contributed by atoms with Gasteiger partial charge in [0.25, 0.3) is 5.91 Å². The van der Waals surface area contributed by atoms with Gasteiger partial charge in [0.2, 0.25) is 0 Å². The number of rotatable bonds is 4. The summed E-state index contributed by atoms with van der Waals surface area (Å²) in [5.41, 5.74) is -1.28. The van der Waals surface area contributed by atoms with Crippen molar-refractivity contribution < 1.29 is 27.5 Å². The smallest absolute Gasteiger partial charge is 0.433 e. The number of pyridine rings is 1. The van der Waals surface area contributed by atoms with Crippen LogP contribution < -0.4 is 0 Å². The first kappa shape index (κ1) is 23.3. The Bertz CT molecular complexity index is 832. The summed E-state index contributed by atoms with van der Waals surface area (Å²) in [6, 6.07) is 2.32. The fraction of sp³-hybridized carbons (Fsp3) is 0.682. The molecule has 6 nitrogen and oxygen atoms in total. The Morgan fingerprint density at radius 2 is 1.87 bits per heavy atom. The molecule has 1 saturated carbocycles. The van der Waals surface area contributed by atoms with Crippen LogP contribution >= 0.6 is 0 Å². The normalized spacial score (nSPS) is 19.8. The molecular formula is C22H30F3N3O3. The van der Waals surface area contributed by atoms with E-state index in [0.29, 0.717) is 25.3 Å². The van der Waals surface area contributed by atoms with Crippen molar-refractivity contribution in [3.63, 3.8) is 0 Å². The van der Waals surface area contributed by atoms with E-state index in [1.165, 1.54) is 11.0 Å². The van der Waals surface area contributed by atoms with Crippen LogP contribution in [0.15, 0.2) is 12.1 Å². The summed E-state index contributed by atoms with van der Waals surface area (Å²) >= 11 is 0. The molecule has 0 aromatic carbocycles.